The summed E-state index contributed by atoms with van der Waals surface area (Å²) >= 11 is 0. The normalized spacial score (nSPS) is 15.7. The Balaban J connectivity index is 0.00000289. The lowest BCUT2D eigenvalue weighted by Crippen LogP contribution is -2.22. The van der Waals surface area contributed by atoms with Gasteiger partial charge >= 0.3 is 0 Å². The maximum Gasteiger partial charge on any atom is 0.158 e. The molecule has 1 fully saturated rings. The van der Waals surface area contributed by atoms with Crippen LogP contribution in [-0.4, -0.2) is 57.9 Å². The number of H-pyrrole nitrogens is 1. The van der Waals surface area contributed by atoms with Gasteiger partial charge in [-0.1, -0.05) is 13.0 Å². The van der Waals surface area contributed by atoms with Crippen molar-refractivity contribution in [1.82, 2.24) is 25.1 Å². The van der Waals surface area contributed by atoms with E-state index in [9.17, 15) is 0 Å². The van der Waals surface area contributed by atoms with Gasteiger partial charge in [-0.05, 0) is 30.7 Å². The molecule has 0 radical (unpaired) electrons. The van der Waals surface area contributed by atoms with Crippen LogP contribution in [-0.2, 0) is 11.3 Å². The molecule has 1 atom stereocenters. The smallest absolute Gasteiger partial charge is 0.158 e. The van der Waals surface area contributed by atoms with E-state index in [2.05, 4.69) is 37.3 Å². The maximum atomic E-state index is 8.81. The first-order valence-corrected chi connectivity index (χ1v) is 10.2. The first kappa shape index (κ1) is 23.5. The lowest BCUT2D eigenvalue weighted by atomic mass is 10.1. The molecule has 1 aromatic carbocycles. The summed E-state index contributed by atoms with van der Waals surface area (Å²) in [5.74, 6) is 1.84. The highest BCUT2D eigenvalue weighted by Crippen LogP contribution is 2.31. The number of nitriles is 1. The van der Waals surface area contributed by atoms with Crippen LogP contribution in [0.5, 0.6) is 5.75 Å². The predicted molar refractivity (Wildman–Crippen MR) is 123 cm³/mol. The Hall–Kier alpha value is -3.19. The molecular weight excluding hydrogens is 430 g/mol. The van der Waals surface area contributed by atoms with Gasteiger partial charge in [0.15, 0.2) is 11.5 Å². The Bertz CT molecular complexity index is 1060. The van der Waals surface area contributed by atoms with Crippen LogP contribution >= 0.6 is 12.4 Å². The number of rotatable bonds is 8. The number of nitrogens with one attached hydrogen (secondary N) is 2. The fourth-order valence-electron chi connectivity index (χ4n) is 3.59. The van der Waals surface area contributed by atoms with Gasteiger partial charge in [0.2, 0.25) is 0 Å². The van der Waals surface area contributed by atoms with Crippen molar-refractivity contribution in [3.8, 4) is 23.1 Å². The SMILES string of the molecule is CCN1CC[C@@H](OCc2ccc(-c3cc(Nc4cnc(C#N)cn4)n[nH]3)c(OC)c2)C1.Cl. The van der Waals surface area contributed by atoms with Gasteiger partial charge in [-0.25, -0.2) is 9.97 Å². The van der Waals surface area contributed by atoms with Gasteiger partial charge in [0.25, 0.3) is 0 Å². The van der Waals surface area contributed by atoms with Gasteiger partial charge in [0, 0.05) is 24.7 Å². The molecule has 4 rings (SSSR count). The van der Waals surface area contributed by atoms with E-state index in [-0.39, 0.29) is 24.2 Å². The Morgan fingerprint density at radius 2 is 2.12 bits per heavy atom. The highest BCUT2D eigenvalue weighted by atomic mass is 35.5. The minimum atomic E-state index is 0. The van der Waals surface area contributed by atoms with Gasteiger partial charge in [-0.3, -0.25) is 5.10 Å². The molecular formula is C22H26ClN7O2. The summed E-state index contributed by atoms with van der Waals surface area (Å²) in [5, 5.41) is 19.2. The van der Waals surface area contributed by atoms with Crippen LogP contribution in [0, 0.1) is 11.3 Å². The molecule has 3 heterocycles. The number of aromatic nitrogens is 4. The van der Waals surface area contributed by atoms with Crippen molar-refractivity contribution < 1.29 is 9.47 Å². The number of methoxy groups -OCH3 is 1. The van der Waals surface area contributed by atoms with Crippen LogP contribution in [0.15, 0.2) is 36.7 Å². The second-order valence-electron chi connectivity index (χ2n) is 7.34. The summed E-state index contributed by atoms with van der Waals surface area (Å²) in [6, 6.07) is 9.86. The van der Waals surface area contributed by atoms with Gasteiger partial charge < -0.3 is 19.7 Å². The molecule has 168 valence electrons. The summed E-state index contributed by atoms with van der Waals surface area (Å²) < 4.78 is 11.7. The molecule has 1 aliphatic heterocycles. The van der Waals surface area contributed by atoms with Gasteiger partial charge in [0.05, 0.1) is 37.9 Å². The van der Waals surface area contributed by atoms with Crippen molar-refractivity contribution in [3.05, 3.63) is 47.9 Å². The van der Waals surface area contributed by atoms with Crippen molar-refractivity contribution >= 4 is 24.0 Å². The van der Waals surface area contributed by atoms with E-state index in [1.54, 1.807) is 7.11 Å². The first-order chi connectivity index (χ1) is 15.2. The van der Waals surface area contributed by atoms with Crippen molar-refractivity contribution in [2.75, 3.05) is 32.1 Å². The van der Waals surface area contributed by atoms with Crippen LogP contribution < -0.4 is 10.1 Å². The maximum absolute atomic E-state index is 8.81. The molecule has 0 aliphatic carbocycles. The molecule has 0 amide bonds. The summed E-state index contributed by atoms with van der Waals surface area (Å²) in [4.78, 5) is 10.5. The molecule has 32 heavy (non-hydrogen) atoms. The number of nitrogens with zero attached hydrogens (tertiary/aromatic N) is 5. The summed E-state index contributed by atoms with van der Waals surface area (Å²) in [7, 11) is 1.65. The predicted octanol–water partition coefficient (Wildman–Crippen LogP) is 3.52. The number of ether oxygens (including phenoxy) is 2. The molecule has 3 aromatic rings. The van der Waals surface area contributed by atoms with Gasteiger partial charge in [-0.15, -0.1) is 12.4 Å². The van der Waals surface area contributed by atoms with Crippen LogP contribution in [0.25, 0.3) is 11.3 Å². The van der Waals surface area contributed by atoms with E-state index in [1.165, 1.54) is 12.4 Å². The zero-order valence-electron chi connectivity index (χ0n) is 18.0. The average molecular weight is 456 g/mol. The summed E-state index contributed by atoms with van der Waals surface area (Å²) in [6.07, 6.45) is 4.27. The van der Waals surface area contributed by atoms with E-state index in [0.29, 0.717) is 18.2 Å². The lowest BCUT2D eigenvalue weighted by Gasteiger charge is -2.15. The molecule has 0 unspecified atom stereocenters. The molecule has 0 bridgehead atoms. The third-order valence-corrected chi connectivity index (χ3v) is 5.32. The van der Waals surface area contributed by atoms with Crippen LogP contribution in [0.4, 0.5) is 11.6 Å². The number of aromatic amines is 1. The van der Waals surface area contributed by atoms with Crippen LogP contribution in [0.3, 0.4) is 0 Å². The van der Waals surface area contributed by atoms with Crippen molar-refractivity contribution in [1.29, 1.82) is 5.26 Å². The minimum absolute atomic E-state index is 0. The number of likely N-dealkylation sites (N-methyl/N-ethyl adjacent to an activating group) is 1. The Labute approximate surface area is 193 Å². The van der Waals surface area contributed by atoms with Crippen molar-refractivity contribution in [3.63, 3.8) is 0 Å². The fourth-order valence-corrected chi connectivity index (χ4v) is 3.59. The number of anilines is 2. The number of hydrogen-bond acceptors (Lipinski definition) is 8. The summed E-state index contributed by atoms with van der Waals surface area (Å²) in [5.41, 5.74) is 3.04. The van der Waals surface area contributed by atoms with Crippen LogP contribution in [0.1, 0.15) is 24.6 Å². The molecule has 10 heteroatoms. The van der Waals surface area contributed by atoms with E-state index in [0.717, 1.165) is 48.6 Å². The lowest BCUT2D eigenvalue weighted by molar-refractivity contribution is 0.0470. The third-order valence-electron chi connectivity index (χ3n) is 5.32. The zero-order valence-corrected chi connectivity index (χ0v) is 18.9. The standard InChI is InChI=1S/C22H25N7O2.ClH/c1-3-29-7-6-17(13-29)31-14-15-4-5-18(20(8-15)30-2)19-9-21(28-27-19)26-22-12-24-16(10-23)11-25-22;/h4-5,8-9,11-12,17H,3,6-7,13-14H2,1-2H3,(H2,25,26,27,28);1H/t17-;/m1./s1. The molecule has 2 N–H and O–H groups in total. The average Bonchev–Trinajstić information content (AvgIpc) is 3.47. The molecule has 0 saturated carbocycles. The first-order valence-electron chi connectivity index (χ1n) is 10.2. The van der Waals surface area contributed by atoms with E-state index in [4.69, 9.17) is 14.7 Å². The molecule has 1 aliphatic rings. The van der Waals surface area contributed by atoms with E-state index in [1.807, 2.05) is 30.3 Å². The fraction of sp³-hybridized carbons (Fsp3) is 0.364. The second-order valence-corrected chi connectivity index (χ2v) is 7.34. The van der Waals surface area contributed by atoms with Crippen molar-refractivity contribution in [2.24, 2.45) is 0 Å². The molecule has 0 spiro atoms. The largest absolute Gasteiger partial charge is 0.496 e. The van der Waals surface area contributed by atoms with E-state index >= 15 is 0 Å². The zero-order chi connectivity index (χ0) is 21.6. The molecule has 9 nitrogen and oxygen atoms in total. The number of halogens is 1. The number of hydrogen-bond donors (Lipinski definition) is 2. The Kier molecular flexibility index (Phi) is 8.00. The van der Waals surface area contributed by atoms with Crippen LogP contribution in [0.2, 0.25) is 0 Å². The highest BCUT2D eigenvalue weighted by Gasteiger charge is 2.21. The monoisotopic (exact) mass is 455 g/mol. The topological polar surface area (TPSA) is 112 Å². The Morgan fingerprint density at radius 1 is 1.25 bits per heavy atom. The number of benzene rings is 1. The highest BCUT2D eigenvalue weighted by molar-refractivity contribution is 5.85. The number of likely N-dealkylation sites (tertiary alicyclic amines) is 1. The van der Waals surface area contributed by atoms with Gasteiger partial charge in [0.1, 0.15) is 17.6 Å². The quantitative estimate of drug-likeness (QED) is 0.530. The van der Waals surface area contributed by atoms with E-state index < -0.39 is 0 Å². The van der Waals surface area contributed by atoms with Crippen molar-refractivity contribution in [2.45, 2.75) is 26.1 Å². The summed E-state index contributed by atoms with van der Waals surface area (Å²) in [6.45, 7) is 5.92. The van der Waals surface area contributed by atoms with Gasteiger partial charge in [-0.2, -0.15) is 10.4 Å². The molecule has 1 saturated heterocycles. The minimum Gasteiger partial charge on any atom is -0.496 e. The third kappa shape index (κ3) is 5.53. The molecule has 2 aromatic heterocycles. The second kappa shape index (κ2) is 10.9. The Morgan fingerprint density at radius 3 is 2.81 bits per heavy atom.